The van der Waals surface area contributed by atoms with Crippen molar-refractivity contribution in [1.29, 1.82) is 0 Å². The third-order valence-corrected chi connectivity index (χ3v) is 5.82. The lowest BCUT2D eigenvalue weighted by Crippen LogP contribution is -2.45. The van der Waals surface area contributed by atoms with Crippen molar-refractivity contribution < 1.29 is 4.79 Å². The van der Waals surface area contributed by atoms with Gasteiger partial charge in [-0.1, -0.05) is 36.4 Å². The maximum absolute atomic E-state index is 12.7. The summed E-state index contributed by atoms with van der Waals surface area (Å²) in [7, 11) is 2.13. The lowest BCUT2D eigenvalue weighted by atomic mass is 10.0. The smallest absolute Gasteiger partial charge is 0.256 e. The van der Waals surface area contributed by atoms with Crippen molar-refractivity contribution in [1.82, 2.24) is 10.2 Å². The number of carbonyl (C=O) groups is 1. The Hall–Kier alpha value is -2.11. The largest absolute Gasteiger partial charge is 0.353 e. The van der Waals surface area contributed by atoms with Crippen LogP contribution in [0.1, 0.15) is 33.3 Å². The van der Waals surface area contributed by atoms with E-state index in [1.54, 1.807) is 11.3 Å². The third-order valence-electron chi connectivity index (χ3n) is 4.67. The van der Waals surface area contributed by atoms with Gasteiger partial charge in [0.1, 0.15) is 11.2 Å². The number of likely N-dealkylation sites (N-methyl/N-ethyl adjacent to an activating group) is 1. The summed E-state index contributed by atoms with van der Waals surface area (Å²) in [5.74, 6) is 0.0524. The van der Waals surface area contributed by atoms with Gasteiger partial charge in [-0.05, 0) is 37.1 Å². The third kappa shape index (κ3) is 2.74. The predicted octanol–water partition coefficient (Wildman–Crippen LogP) is 3.32. The standard InChI is InChI=1S/C19H21N3OS/c1-12(10-13-6-4-3-5-7-13)17-20-18(23)16-14-8-9-22(2)11-15(14)24-19(16)21-17/h3-7,10,17,21H,8-9,11H2,1-2H3,(H,20,23)/t17-/m0/s1. The molecule has 24 heavy (non-hydrogen) atoms. The van der Waals surface area contributed by atoms with Gasteiger partial charge >= 0.3 is 0 Å². The van der Waals surface area contributed by atoms with Crippen molar-refractivity contribution in [2.24, 2.45) is 0 Å². The lowest BCUT2D eigenvalue weighted by Gasteiger charge is -2.27. The van der Waals surface area contributed by atoms with Gasteiger partial charge in [0.15, 0.2) is 0 Å². The van der Waals surface area contributed by atoms with Gasteiger partial charge in [-0.25, -0.2) is 0 Å². The van der Waals surface area contributed by atoms with E-state index in [-0.39, 0.29) is 12.1 Å². The SMILES string of the molecule is CC(=Cc1ccccc1)[C@H]1NC(=O)c2c(sc3c2CCN(C)C3)N1. The van der Waals surface area contributed by atoms with E-state index in [0.717, 1.165) is 41.2 Å². The summed E-state index contributed by atoms with van der Waals surface area (Å²) < 4.78 is 0. The molecule has 2 aromatic rings. The number of thiophene rings is 1. The molecule has 0 unspecified atom stereocenters. The van der Waals surface area contributed by atoms with Crippen molar-refractivity contribution >= 4 is 28.3 Å². The van der Waals surface area contributed by atoms with E-state index >= 15 is 0 Å². The molecule has 5 heteroatoms. The first-order valence-corrected chi connectivity index (χ1v) is 9.07. The van der Waals surface area contributed by atoms with Crippen molar-refractivity contribution in [2.45, 2.75) is 26.1 Å². The van der Waals surface area contributed by atoms with E-state index in [1.807, 2.05) is 18.2 Å². The highest BCUT2D eigenvalue weighted by Crippen LogP contribution is 2.39. The first-order valence-electron chi connectivity index (χ1n) is 8.25. The quantitative estimate of drug-likeness (QED) is 0.882. The van der Waals surface area contributed by atoms with Crippen molar-refractivity contribution in [3.63, 3.8) is 0 Å². The van der Waals surface area contributed by atoms with Crippen LogP contribution in [0.2, 0.25) is 0 Å². The van der Waals surface area contributed by atoms with Crippen LogP contribution >= 0.6 is 11.3 Å². The molecule has 3 heterocycles. The average molecular weight is 339 g/mol. The molecule has 0 bridgehead atoms. The molecule has 2 aliphatic heterocycles. The molecule has 2 aliphatic rings. The maximum atomic E-state index is 12.7. The molecule has 124 valence electrons. The fourth-order valence-corrected chi connectivity index (χ4v) is 4.72. The Morgan fingerprint density at radius 2 is 2.08 bits per heavy atom. The summed E-state index contributed by atoms with van der Waals surface area (Å²) in [5.41, 5.74) is 4.35. The van der Waals surface area contributed by atoms with E-state index in [0.29, 0.717) is 0 Å². The molecule has 0 aliphatic carbocycles. The van der Waals surface area contributed by atoms with Crippen LogP contribution in [0.15, 0.2) is 35.9 Å². The minimum absolute atomic E-state index is 0.0524. The Kier molecular flexibility index (Phi) is 3.90. The monoisotopic (exact) mass is 339 g/mol. The summed E-state index contributed by atoms with van der Waals surface area (Å²) in [4.78, 5) is 16.3. The molecule has 4 nitrogen and oxygen atoms in total. The molecule has 4 rings (SSSR count). The molecule has 2 N–H and O–H groups in total. The van der Waals surface area contributed by atoms with Crippen LogP contribution in [-0.2, 0) is 13.0 Å². The van der Waals surface area contributed by atoms with Crippen LogP contribution in [0.4, 0.5) is 5.00 Å². The van der Waals surface area contributed by atoms with Crippen LogP contribution < -0.4 is 10.6 Å². The van der Waals surface area contributed by atoms with Gasteiger partial charge in [0.05, 0.1) is 5.56 Å². The summed E-state index contributed by atoms with van der Waals surface area (Å²) in [6.07, 6.45) is 2.92. The van der Waals surface area contributed by atoms with E-state index in [4.69, 9.17) is 0 Å². The van der Waals surface area contributed by atoms with Crippen molar-refractivity contribution in [3.05, 3.63) is 57.5 Å². The number of nitrogens with one attached hydrogen (secondary N) is 2. The van der Waals surface area contributed by atoms with Crippen LogP contribution in [0, 0.1) is 0 Å². The Labute approximate surface area is 146 Å². The molecule has 1 aromatic carbocycles. The first kappa shape index (κ1) is 15.4. The number of hydrogen-bond acceptors (Lipinski definition) is 4. The van der Waals surface area contributed by atoms with E-state index in [9.17, 15) is 4.79 Å². The zero-order chi connectivity index (χ0) is 16.7. The zero-order valence-corrected chi connectivity index (χ0v) is 14.7. The predicted molar refractivity (Wildman–Crippen MR) is 99.3 cm³/mol. The maximum Gasteiger partial charge on any atom is 0.256 e. The second-order valence-electron chi connectivity index (χ2n) is 6.55. The number of nitrogens with zero attached hydrogens (tertiary/aromatic N) is 1. The van der Waals surface area contributed by atoms with Gasteiger partial charge in [-0.2, -0.15) is 0 Å². The molecule has 1 aromatic heterocycles. The van der Waals surface area contributed by atoms with Gasteiger partial charge < -0.3 is 15.5 Å². The van der Waals surface area contributed by atoms with Gasteiger partial charge in [-0.3, -0.25) is 4.79 Å². The average Bonchev–Trinajstić information content (AvgIpc) is 2.93. The van der Waals surface area contributed by atoms with Crippen LogP contribution in [0.5, 0.6) is 0 Å². The number of benzene rings is 1. The fourth-order valence-electron chi connectivity index (χ4n) is 3.37. The Bertz CT molecular complexity index is 810. The van der Waals surface area contributed by atoms with Crippen LogP contribution in [-0.4, -0.2) is 30.6 Å². The zero-order valence-electron chi connectivity index (χ0n) is 13.9. The Morgan fingerprint density at radius 1 is 1.29 bits per heavy atom. The van der Waals surface area contributed by atoms with Gasteiger partial charge in [0.25, 0.3) is 5.91 Å². The van der Waals surface area contributed by atoms with E-state index < -0.39 is 0 Å². The van der Waals surface area contributed by atoms with Crippen LogP contribution in [0.3, 0.4) is 0 Å². The Morgan fingerprint density at radius 3 is 2.88 bits per heavy atom. The minimum Gasteiger partial charge on any atom is -0.353 e. The fraction of sp³-hybridized carbons (Fsp3) is 0.316. The molecule has 0 saturated heterocycles. The van der Waals surface area contributed by atoms with E-state index in [1.165, 1.54) is 10.4 Å². The second-order valence-corrected chi connectivity index (χ2v) is 7.65. The normalized spacial score (nSPS) is 20.8. The number of anilines is 1. The molecule has 0 radical (unpaired) electrons. The highest BCUT2D eigenvalue weighted by Gasteiger charge is 2.32. The van der Waals surface area contributed by atoms with Gasteiger partial charge in [0.2, 0.25) is 0 Å². The molecular weight excluding hydrogens is 318 g/mol. The number of hydrogen-bond donors (Lipinski definition) is 2. The molecular formula is C19H21N3OS. The van der Waals surface area contributed by atoms with Crippen molar-refractivity contribution in [3.8, 4) is 0 Å². The summed E-state index contributed by atoms with van der Waals surface area (Å²) >= 11 is 1.73. The molecule has 1 atom stereocenters. The van der Waals surface area contributed by atoms with Crippen molar-refractivity contribution in [2.75, 3.05) is 18.9 Å². The number of rotatable bonds is 2. The van der Waals surface area contributed by atoms with Gasteiger partial charge in [-0.15, -0.1) is 11.3 Å². The number of fused-ring (bicyclic) bond motifs is 3. The minimum atomic E-state index is -0.150. The number of carbonyl (C=O) groups excluding carboxylic acids is 1. The molecule has 1 amide bonds. The van der Waals surface area contributed by atoms with Crippen LogP contribution in [0.25, 0.3) is 6.08 Å². The van der Waals surface area contributed by atoms with Gasteiger partial charge in [0, 0.05) is 18.0 Å². The first-order chi connectivity index (χ1) is 11.6. The topological polar surface area (TPSA) is 44.4 Å². The summed E-state index contributed by atoms with van der Waals surface area (Å²) in [6, 6.07) is 10.2. The number of amides is 1. The molecule has 0 spiro atoms. The molecule has 0 saturated carbocycles. The lowest BCUT2D eigenvalue weighted by molar-refractivity contribution is 0.0940. The highest BCUT2D eigenvalue weighted by molar-refractivity contribution is 7.16. The molecule has 0 fully saturated rings. The Balaban J connectivity index is 1.63. The van der Waals surface area contributed by atoms with E-state index in [2.05, 4.69) is 47.7 Å². The second kappa shape index (κ2) is 6.07. The summed E-state index contributed by atoms with van der Waals surface area (Å²) in [5, 5.41) is 7.65. The summed E-state index contributed by atoms with van der Waals surface area (Å²) in [6.45, 7) is 4.00. The highest BCUT2D eigenvalue weighted by atomic mass is 32.1.